The van der Waals surface area contributed by atoms with Gasteiger partial charge in [-0.2, -0.15) is 0 Å². The minimum Gasteiger partial charge on any atom is -0.379 e. The largest absolute Gasteiger partial charge is 0.379 e. The monoisotopic (exact) mass is 467 g/mol. The molecule has 194 valence electrons. The van der Waals surface area contributed by atoms with Crippen LogP contribution in [0.3, 0.4) is 0 Å². The van der Waals surface area contributed by atoms with Gasteiger partial charge >= 0.3 is 0 Å². The second kappa shape index (κ2) is 25.2. The number of nitrogens with zero attached hydrogens (tertiary/aromatic N) is 2. The predicted molar refractivity (Wildman–Crippen MR) is 142 cm³/mol. The lowest BCUT2D eigenvalue weighted by Crippen LogP contribution is -2.48. The normalized spacial score (nSPS) is 13.0. The quantitative estimate of drug-likeness (QED) is 0.466. The molecule has 6 heteroatoms. The molecule has 1 aliphatic rings. The summed E-state index contributed by atoms with van der Waals surface area (Å²) < 4.78 is 10.6. The number of nitrogens with one attached hydrogen (secondary N) is 1. The molecule has 33 heavy (non-hydrogen) atoms. The molecule has 1 N–H and O–H groups in total. The number of piperazine rings is 1. The van der Waals surface area contributed by atoms with Gasteiger partial charge in [-0.25, -0.2) is 0 Å². The summed E-state index contributed by atoms with van der Waals surface area (Å²) in [6.45, 7) is 21.8. The Bertz CT molecular complexity index is 530. The first-order valence-corrected chi connectivity index (χ1v) is 13.0. The van der Waals surface area contributed by atoms with E-state index in [4.69, 9.17) is 9.47 Å². The van der Waals surface area contributed by atoms with Crippen LogP contribution in [0, 0.1) is 0 Å². The minimum atomic E-state index is 0.192. The van der Waals surface area contributed by atoms with Gasteiger partial charge in [-0.3, -0.25) is 9.69 Å². The summed E-state index contributed by atoms with van der Waals surface area (Å²) in [5, 5.41) is 3.16. The first-order chi connectivity index (χ1) is 16.1. The maximum atomic E-state index is 12.2. The molecule has 0 aliphatic carbocycles. The molecule has 1 fully saturated rings. The molecule has 1 aromatic rings. The molecule has 6 nitrogen and oxygen atoms in total. The Balaban J connectivity index is 0. The Labute approximate surface area is 205 Å². The number of carbonyl (C=O) groups is 1. The molecule has 0 atom stereocenters. The van der Waals surface area contributed by atoms with Crippen molar-refractivity contribution in [3.63, 3.8) is 0 Å². The lowest BCUT2D eigenvalue weighted by atomic mass is 10.1. The lowest BCUT2D eigenvalue weighted by Gasteiger charge is -2.34. The highest BCUT2D eigenvalue weighted by atomic mass is 16.5. The van der Waals surface area contributed by atoms with Gasteiger partial charge in [-0.1, -0.05) is 72.2 Å². The van der Waals surface area contributed by atoms with Gasteiger partial charge in [0.05, 0.1) is 26.2 Å². The van der Waals surface area contributed by atoms with Crippen molar-refractivity contribution in [1.82, 2.24) is 15.1 Å². The van der Waals surface area contributed by atoms with Gasteiger partial charge in [-0.15, -0.1) is 0 Å². The van der Waals surface area contributed by atoms with E-state index in [1.54, 1.807) is 0 Å². The van der Waals surface area contributed by atoms with Crippen molar-refractivity contribution in [2.24, 2.45) is 0 Å². The van der Waals surface area contributed by atoms with Crippen LogP contribution in [0.5, 0.6) is 0 Å². The molecule has 2 rings (SSSR count). The van der Waals surface area contributed by atoms with Crippen LogP contribution in [0.25, 0.3) is 0 Å². The fraction of sp³-hybridized carbons (Fsp3) is 0.741. The zero-order chi connectivity index (χ0) is 25.3. The summed E-state index contributed by atoms with van der Waals surface area (Å²) in [5.74, 6) is 0.192. The number of rotatable bonds is 11. The van der Waals surface area contributed by atoms with Gasteiger partial charge in [0.1, 0.15) is 0 Å². The molecule has 0 spiro atoms. The van der Waals surface area contributed by atoms with Crippen molar-refractivity contribution in [3.05, 3.63) is 35.4 Å². The van der Waals surface area contributed by atoms with E-state index in [-0.39, 0.29) is 5.91 Å². The van der Waals surface area contributed by atoms with E-state index < -0.39 is 0 Å². The summed E-state index contributed by atoms with van der Waals surface area (Å²) in [5.41, 5.74) is 2.63. The third-order valence-corrected chi connectivity index (χ3v) is 4.57. The fourth-order valence-corrected chi connectivity index (χ4v) is 3.06. The van der Waals surface area contributed by atoms with E-state index in [0.29, 0.717) is 32.8 Å². The Hall–Kier alpha value is -1.47. The van der Waals surface area contributed by atoms with Crippen molar-refractivity contribution in [2.75, 3.05) is 59.7 Å². The molecule has 1 amide bonds. The second-order valence-electron chi connectivity index (χ2n) is 7.27. The number of hydrogen-bond acceptors (Lipinski definition) is 5. The third kappa shape index (κ3) is 17.6. The Morgan fingerprint density at radius 1 is 0.848 bits per heavy atom. The van der Waals surface area contributed by atoms with Crippen molar-refractivity contribution in [3.8, 4) is 0 Å². The Morgan fingerprint density at radius 2 is 1.36 bits per heavy atom. The highest BCUT2D eigenvalue weighted by molar-refractivity contribution is 5.76. The van der Waals surface area contributed by atoms with Crippen LogP contribution < -0.4 is 5.32 Å². The maximum absolute atomic E-state index is 12.2. The second-order valence-corrected chi connectivity index (χ2v) is 7.27. The molecule has 0 radical (unpaired) electrons. The van der Waals surface area contributed by atoms with Crippen molar-refractivity contribution >= 4 is 5.91 Å². The molecule has 1 saturated heterocycles. The summed E-state index contributed by atoms with van der Waals surface area (Å²) in [4.78, 5) is 16.6. The molecule has 1 aromatic carbocycles. The Morgan fingerprint density at radius 3 is 1.88 bits per heavy atom. The number of amides is 1. The van der Waals surface area contributed by atoms with Crippen LogP contribution in [0.2, 0.25) is 0 Å². The van der Waals surface area contributed by atoms with Crippen molar-refractivity contribution < 1.29 is 14.3 Å². The van der Waals surface area contributed by atoms with E-state index in [1.165, 1.54) is 17.5 Å². The van der Waals surface area contributed by atoms with Crippen molar-refractivity contribution in [2.45, 2.75) is 74.4 Å². The van der Waals surface area contributed by atoms with Crippen LogP contribution >= 0.6 is 0 Å². The van der Waals surface area contributed by atoms with Gasteiger partial charge in [0.15, 0.2) is 0 Å². The van der Waals surface area contributed by atoms with E-state index >= 15 is 0 Å². The topological polar surface area (TPSA) is 54.0 Å². The minimum absolute atomic E-state index is 0.192. The van der Waals surface area contributed by atoms with Crippen LogP contribution in [0.15, 0.2) is 24.3 Å². The van der Waals surface area contributed by atoms with Gasteiger partial charge in [-0.05, 0) is 25.1 Å². The molecule has 0 saturated carbocycles. The third-order valence-electron chi connectivity index (χ3n) is 4.57. The number of ether oxygens (including phenoxy) is 2. The first kappa shape index (κ1) is 33.7. The van der Waals surface area contributed by atoms with Crippen LogP contribution in [-0.4, -0.2) is 75.4 Å². The maximum Gasteiger partial charge on any atom is 0.224 e. The summed E-state index contributed by atoms with van der Waals surface area (Å²) in [6.07, 6.45) is 1.71. The molecule has 0 bridgehead atoms. The first-order valence-electron chi connectivity index (χ1n) is 13.0. The van der Waals surface area contributed by atoms with E-state index in [0.717, 1.165) is 39.3 Å². The SMILES string of the molecule is CC.CC.CCC.CCOCCOCCC(=O)N1CCN(Cc2ccc(CNC)cc2)CC1. The average molecular weight is 468 g/mol. The number of benzene rings is 1. The van der Waals surface area contributed by atoms with Gasteiger partial charge < -0.3 is 19.7 Å². The van der Waals surface area contributed by atoms with E-state index in [9.17, 15) is 4.79 Å². The zero-order valence-corrected chi connectivity index (χ0v) is 22.9. The number of hydrogen-bond donors (Lipinski definition) is 1. The fourth-order valence-electron chi connectivity index (χ4n) is 3.06. The van der Waals surface area contributed by atoms with E-state index in [1.807, 2.05) is 46.6 Å². The highest BCUT2D eigenvalue weighted by Crippen LogP contribution is 2.11. The smallest absolute Gasteiger partial charge is 0.224 e. The lowest BCUT2D eigenvalue weighted by molar-refractivity contribution is -0.134. The average Bonchev–Trinajstić information content (AvgIpc) is 2.86. The standard InChI is InChI=1S/C20H33N3O3.C3H8.2C2H6/c1-3-25-14-15-26-13-8-20(24)23-11-9-22(10-12-23)17-19-6-4-18(5-7-19)16-21-2;1-3-2;2*1-2/h4-7,21H,3,8-17H2,1-2H3;3H2,1-2H3;2*1-2H3. The molecular weight excluding hydrogens is 414 g/mol. The molecule has 1 aliphatic heterocycles. The molecular formula is C27H53N3O3. The predicted octanol–water partition coefficient (Wildman–Crippen LogP) is 4.96. The van der Waals surface area contributed by atoms with Crippen LogP contribution in [0.4, 0.5) is 0 Å². The van der Waals surface area contributed by atoms with Gasteiger partial charge in [0.2, 0.25) is 5.91 Å². The van der Waals surface area contributed by atoms with Crippen LogP contribution in [-0.2, 0) is 27.4 Å². The molecule has 1 heterocycles. The van der Waals surface area contributed by atoms with E-state index in [2.05, 4.69) is 48.3 Å². The summed E-state index contributed by atoms with van der Waals surface area (Å²) in [7, 11) is 1.96. The van der Waals surface area contributed by atoms with Gasteiger partial charge in [0, 0.05) is 45.9 Å². The summed E-state index contributed by atoms with van der Waals surface area (Å²) in [6, 6.07) is 8.75. The van der Waals surface area contributed by atoms with Crippen LogP contribution in [0.1, 0.15) is 72.4 Å². The zero-order valence-electron chi connectivity index (χ0n) is 22.9. The van der Waals surface area contributed by atoms with Crippen molar-refractivity contribution in [1.29, 1.82) is 0 Å². The molecule has 0 unspecified atom stereocenters. The molecule has 0 aromatic heterocycles. The van der Waals surface area contributed by atoms with Gasteiger partial charge in [0.25, 0.3) is 0 Å². The number of carbonyl (C=O) groups excluding carboxylic acids is 1. The summed E-state index contributed by atoms with van der Waals surface area (Å²) >= 11 is 0. The highest BCUT2D eigenvalue weighted by Gasteiger charge is 2.20. The Kier molecular flexibility index (Phi) is 25.7.